The van der Waals surface area contributed by atoms with E-state index in [2.05, 4.69) is 13.8 Å². The summed E-state index contributed by atoms with van der Waals surface area (Å²) in [5, 5.41) is 0. The Morgan fingerprint density at radius 1 is 1.16 bits per heavy atom. The zero-order chi connectivity index (χ0) is 14.7. The standard InChI is InChI=1S/C15H21F2NO/c1-9(2)10(3)18(5)11(4)15(19)13-7-6-12(16)8-14(13)17/h6-11H,1-5H3. The van der Waals surface area contributed by atoms with E-state index in [0.29, 0.717) is 5.92 Å². The van der Waals surface area contributed by atoms with Gasteiger partial charge in [0.1, 0.15) is 11.6 Å². The summed E-state index contributed by atoms with van der Waals surface area (Å²) in [6, 6.07) is 2.80. The number of ketones is 1. The van der Waals surface area contributed by atoms with Gasteiger partial charge in [0.25, 0.3) is 0 Å². The number of rotatable bonds is 5. The van der Waals surface area contributed by atoms with Gasteiger partial charge in [0, 0.05) is 12.1 Å². The summed E-state index contributed by atoms with van der Waals surface area (Å²) in [4.78, 5) is 14.2. The molecule has 1 aromatic rings. The Morgan fingerprint density at radius 2 is 1.74 bits per heavy atom. The molecule has 106 valence electrons. The number of carbonyl (C=O) groups is 1. The fourth-order valence-corrected chi connectivity index (χ4v) is 1.92. The fraction of sp³-hybridized carbons (Fsp3) is 0.533. The number of nitrogens with zero attached hydrogens (tertiary/aromatic N) is 1. The summed E-state index contributed by atoms with van der Waals surface area (Å²) in [5.74, 6) is -1.42. The first-order valence-corrected chi connectivity index (χ1v) is 6.47. The number of likely N-dealkylation sites (N-methyl/N-ethyl adjacent to an activating group) is 1. The molecule has 0 heterocycles. The Labute approximate surface area is 113 Å². The maximum atomic E-state index is 13.6. The van der Waals surface area contributed by atoms with Crippen molar-refractivity contribution in [2.45, 2.75) is 39.8 Å². The molecule has 0 fully saturated rings. The van der Waals surface area contributed by atoms with Crippen LogP contribution in [0.3, 0.4) is 0 Å². The smallest absolute Gasteiger partial charge is 0.182 e. The third-order valence-electron chi connectivity index (χ3n) is 3.79. The van der Waals surface area contributed by atoms with Crippen molar-refractivity contribution in [2.24, 2.45) is 5.92 Å². The highest BCUT2D eigenvalue weighted by Gasteiger charge is 2.26. The normalized spacial score (nSPS) is 14.8. The second kappa shape index (κ2) is 6.24. The molecular weight excluding hydrogens is 248 g/mol. The summed E-state index contributed by atoms with van der Waals surface area (Å²) >= 11 is 0. The summed E-state index contributed by atoms with van der Waals surface area (Å²) in [5.41, 5.74) is -0.0586. The van der Waals surface area contributed by atoms with Gasteiger partial charge in [0.2, 0.25) is 0 Å². The molecule has 4 heteroatoms. The van der Waals surface area contributed by atoms with Gasteiger partial charge < -0.3 is 0 Å². The van der Waals surface area contributed by atoms with Crippen molar-refractivity contribution in [3.8, 4) is 0 Å². The molecule has 1 rings (SSSR count). The van der Waals surface area contributed by atoms with Crippen LogP contribution in [0.2, 0.25) is 0 Å². The van der Waals surface area contributed by atoms with Crippen molar-refractivity contribution in [3.63, 3.8) is 0 Å². The molecule has 0 N–H and O–H groups in total. The van der Waals surface area contributed by atoms with E-state index in [0.717, 1.165) is 12.1 Å². The predicted molar refractivity (Wildman–Crippen MR) is 72.2 cm³/mol. The molecule has 0 spiro atoms. The summed E-state index contributed by atoms with van der Waals surface area (Å²) in [6.07, 6.45) is 0. The molecule has 2 atom stereocenters. The van der Waals surface area contributed by atoms with E-state index in [1.807, 2.05) is 18.9 Å². The van der Waals surface area contributed by atoms with Gasteiger partial charge in [-0.3, -0.25) is 9.69 Å². The molecule has 0 aliphatic carbocycles. The van der Waals surface area contributed by atoms with E-state index in [1.165, 1.54) is 6.07 Å². The minimum atomic E-state index is -0.803. The van der Waals surface area contributed by atoms with Gasteiger partial charge in [0.05, 0.1) is 11.6 Å². The molecular formula is C15H21F2NO. The molecule has 0 saturated carbocycles. The minimum Gasteiger partial charge on any atom is -0.294 e. The van der Waals surface area contributed by atoms with Gasteiger partial charge in [-0.05, 0) is 38.9 Å². The number of hydrogen-bond acceptors (Lipinski definition) is 2. The number of benzene rings is 1. The van der Waals surface area contributed by atoms with Gasteiger partial charge in [0.15, 0.2) is 5.78 Å². The zero-order valence-electron chi connectivity index (χ0n) is 12.1. The highest BCUT2D eigenvalue weighted by atomic mass is 19.1. The van der Waals surface area contributed by atoms with Crippen LogP contribution in [0.5, 0.6) is 0 Å². The van der Waals surface area contributed by atoms with E-state index >= 15 is 0 Å². The van der Waals surface area contributed by atoms with Crippen molar-refractivity contribution in [3.05, 3.63) is 35.4 Å². The maximum Gasteiger partial charge on any atom is 0.182 e. The zero-order valence-corrected chi connectivity index (χ0v) is 12.1. The molecule has 2 nitrogen and oxygen atoms in total. The van der Waals surface area contributed by atoms with Crippen LogP contribution in [0, 0.1) is 17.6 Å². The highest BCUT2D eigenvalue weighted by Crippen LogP contribution is 2.17. The van der Waals surface area contributed by atoms with E-state index in [1.54, 1.807) is 6.92 Å². The van der Waals surface area contributed by atoms with Crippen LogP contribution in [0.1, 0.15) is 38.1 Å². The quantitative estimate of drug-likeness (QED) is 0.762. The number of carbonyl (C=O) groups excluding carboxylic acids is 1. The molecule has 0 aliphatic rings. The first kappa shape index (κ1) is 15.8. The van der Waals surface area contributed by atoms with Gasteiger partial charge >= 0.3 is 0 Å². The minimum absolute atomic E-state index is 0.0586. The van der Waals surface area contributed by atoms with Gasteiger partial charge in [-0.1, -0.05) is 13.8 Å². The van der Waals surface area contributed by atoms with Crippen molar-refractivity contribution >= 4 is 5.78 Å². The van der Waals surface area contributed by atoms with Crippen molar-refractivity contribution in [1.29, 1.82) is 0 Å². The monoisotopic (exact) mass is 269 g/mol. The second-order valence-electron chi connectivity index (χ2n) is 5.31. The average molecular weight is 269 g/mol. The Morgan fingerprint density at radius 3 is 2.21 bits per heavy atom. The largest absolute Gasteiger partial charge is 0.294 e. The molecule has 0 aliphatic heterocycles. The molecule has 0 aromatic heterocycles. The Balaban J connectivity index is 2.93. The lowest BCUT2D eigenvalue weighted by Crippen LogP contribution is -2.44. The third kappa shape index (κ3) is 3.60. The topological polar surface area (TPSA) is 20.3 Å². The van der Waals surface area contributed by atoms with Crippen LogP contribution in [-0.2, 0) is 0 Å². The third-order valence-corrected chi connectivity index (χ3v) is 3.79. The van der Waals surface area contributed by atoms with Crippen LogP contribution in [-0.4, -0.2) is 29.8 Å². The van der Waals surface area contributed by atoms with Crippen LogP contribution >= 0.6 is 0 Å². The fourth-order valence-electron chi connectivity index (χ4n) is 1.92. The lowest BCUT2D eigenvalue weighted by atomic mass is 9.99. The van der Waals surface area contributed by atoms with E-state index in [9.17, 15) is 13.6 Å². The van der Waals surface area contributed by atoms with E-state index in [-0.39, 0.29) is 17.4 Å². The molecule has 0 bridgehead atoms. The van der Waals surface area contributed by atoms with E-state index in [4.69, 9.17) is 0 Å². The highest BCUT2D eigenvalue weighted by molar-refractivity contribution is 6.00. The predicted octanol–water partition coefficient (Wildman–Crippen LogP) is 3.51. The Kier molecular flexibility index (Phi) is 5.18. The van der Waals surface area contributed by atoms with Crippen molar-refractivity contribution in [2.75, 3.05) is 7.05 Å². The van der Waals surface area contributed by atoms with Gasteiger partial charge in [-0.15, -0.1) is 0 Å². The van der Waals surface area contributed by atoms with Crippen LogP contribution in [0.4, 0.5) is 8.78 Å². The molecule has 0 radical (unpaired) electrons. The van der Waals surface area contributed by atoms with Crippen LogP contribution in [0.25, 0.3) is 0 Å². The van der Waals surface area contributed by atoms with E-state index < -0.39 is 17.7 Å². The molecule has 0 saturated heterocycles. The number of Topliss-reactive ketones (excluding diaryl/α,β-unsaturated/α-hetero) is 1. The summed E-state index contributed by atoms with van der Waals surface area (Å²) in [7, 11) is 1.84. The molecule has 2 unspecified atom stereocenters. The molecule has 19 heavy (non-hydrogen) atoms. The Bertz CT molecular complexity index is 459. The van der Waals surface area contributed by atoms with Gasteiger partial charge in [-0.25, -0.2) is 8.78 Å². The number of hydrogen-bond donors (Lipinski definition) is 0. The lowest BCUT2D eigenvalue weighted by molar-refractivity contribution is 0.0787. The SMILES string of the molecule is CC(C)C(C)N(C)C(C)C(=O)c1ccc(F)cc1F. The van der Waals surface area contributed by atoms with Gasteiger partial charge in [-0.2, -0.15) is 0 Å². The molecule has 0 amide bonds. The van der Waals surface area contributed by atoms with Crippen LogP contribution in [0.15, 0.2) is 18.2 Å². The summed E-state index contributed by atoms with van der Waals surface area (Å²) < 4.78 is 26.4. The van der Waals surface area contributed by atoms with Crippen LogP contribution < -0.4 is 0 Å². The lowest BCUT2D eigenvalue weighted by Gasteiger charge is -2.32. The van der Waals surface area contributed by atoms with Crippen molar-refractivity contribution in [1.82, 2.24) is 4.90 Å². The second-order valence-corrected chi connectivity index (χ2v) is 5.31. The maximum absolute atomic E-state index is 13.6. The Hall–Kier alpha value is -1.29. The summed E-state index contributed by atoms with van der Waals surface area (Å²) in [6.45, 7) is 7.90. The number of halogens is 2. The first-order chi connectivity index (χ1) is 8.75. The average Bonchev–Trinajstić information content (AvgIpc) is 2.35. The van der Waals surface area contributed by atoms with Crippen molar-refractivity contribution < 1.29 is 13.6 Å². The molecule has 1 aromatic carbocycles. The first-order valence-electron chi connectivity index (χ1n) is 6.47.